The van der Waals surface area contributed by atoms with E-state index in [4.69, 9.17) is 11.6 Å². The number of halogens is 1. The molecule has 2 aromatic rings. The molecule has 0 spiro atoms. The predicted octanol–water partition coefficient (Wildman–Crippen LogP) is 4.04. The van der Waals surface area contributed by atoms with Gasteiger partial charge in [-0.2, -0.15) is 0 Å². The van der Waals surface area contributed by atoms with E-state index < -0.39 is 11.4 Å². The first kappa shape index (κ1) is 17.0. The third-order valence-corrected chi connectivity index (χ3v) is 3.89. The number of nitrogens with one attached hydrogen (secondary N) is 1. The van der Waals surface area contributed by atoms with Crippen molar-refractivity contribution >= 4 is 29.2 Å². The Morgan fingerprint density at radius 2 is 1.78 bits per heavy atom. The molecule has 0 heterocycles. The van der Waals surface area contributed by atoms with Gasteiger partial charge in [0.1, 0.15) is 0 Å². The van der Waals surface area contributed by atoms with Crippen molar-refractivity contribution < 1.29 is 14.3 Å². The van der Waals surface area contributed by atoms with Gasteiger partial charge in [0.15, 0.2) is 0 Å². The van der Waals surface area contributed by atoms with Crippen molar-refractivity contribution in [1.29, 1.82) is 0 Å². The summed E-state index contributed by atoms with van der Waals surface area (Å²) in [6.07, 6.45) is 0. The van der Waals surface area contributed by atoms with Crippen LogP contribution in [0.5, 0.6) is 0 Å². The molecule has 4 nitrogen and oxygen atoms in total. The maximum absolute atomic E-state index is 12.6. The highest BCUT2D eigenvalue weighted by Crippen LogP contribution is 2.27. The Balaban J connectivity index is 2.23. The Hall–Kier alpha value is -2.33. The molecule has 0 saturated carbocycles. The van der Waals surface area contributed by atoms with Crippen molar-refractivity contribution in [2.75, 3.05) is 12.4 Å². The van der Waals surface area contributed by atoms with Crippen LogP contribution >= 0.6 is 11.6 Å². The number of amides is 1. The zero-order valence-corrected chi connectivity index (χ0v) is 14.0. The Kier molecular flexibility index (Phi) is 5.06. The highest BCUT2D eigenvalue weighted by atomic mass is 35.5. The summed E-state index contributed by atoms with van der Waals surface area (Å²) < 4.78 is 4.68. The molecular weight excluding hydrogens is 314 g/mol. The number of ether oxygens (including phenoxy) is 1. The number of anilines is 1. The molecule has 1 amide bonds. The Morgan fingerprint density at radius 3 is 2.43 bits per heavy atom. The lowest BCUT2D eigenvalue weighted by Gasteiger charge is -2.24. The summed E-state index contributed by atoms with van der Waals surface area (Å²) in [7, 11) is 1.32. The predicted molar refractivity (Wildman–Crippen MR) is 90.9 cm³/mol. The van der Waals surface area contributed by atoms with Gasteiger partial charge in [-0.25, -0.2) is 4.79 Å². The van der Waals surface area contributed by atoms with E-state index in [1.165, 1.54) is 7.11 Å². The average Bonchev–Trinajstić information content (AvgIpc) is 2.54. The molecule has 0 saturated heterocycles. The van der Waals surface area contributed by atoms with Crippen LogP contribution in [-0.4, -0.2) is 19.0 Å². The van der Waals surface area contributed by atoms with Crippen LogP contribution < -0.4 is 5.32 Å². The molecule has 2 rings (SSSR count). The van der Waals surface area contributed by atoms with Gasteiger partial charge in [-0.1, -0.05) is 29.8 Å². The Morgan fingerprint density at radius 1 is 1.09 bits per heavy atom. The molecule has 0 bridgehead atoms. The molecule has 2 aromatic carbocycles. The highest BCUT2D eigenvalue weighted by Gasteiger charge is 2.30. The molecule has 1 N–H and O–H groups in total. The van der Waals surface area contributed by atoms with Crippen LogP contribution in [0, 0.1) is 0 Å². The second-order valence-corrected chi connectivity index (χ2v) is 6.10. The Bertz CT molecular complexity index is 741. The quantitative estimate of drug-likeness (QED) is 0.860. The smallest absolute Gasteiger partial charge is 0.337 e. The molecule has 0 aliphatic rings. The summed E-state index contributed by atoms with van der Waals surface area (Å²) in [5.41, 5.74) is 0.956. The van der Waals surface area contributed by atoms with Gasteiger partial charge in [-0.3, -0.25) is 4.79 Å². The molecule has 0 fully saturated rings. The lowest BCUT2D eigenvalue weighted by molar-refractivity contribution is -0.120. The topological polar surface area (TPSA) is 55.4 Å². The van der Waals surface area contributed by atoms with Gasteiger partial charge in [0.05, 0.1) is 18.1 Å². The normalized spacial score (nSPS) is 11.0. The second-order valence-electron chi connectivity index (χ2n) is 5.66. The number of carbonyl (C=O) groups is 2. The lowest BCUT2D eigenvalue weighted by atomic mass is 9.83. The van der Waals surface area contributed by atoms with Gasteiger partial charge in [0.25, 0.3) is 0 Å². The van der Waals surface area contributed by atoms with Gasteiger partial charge < -0.3 is 10.1 Å². The van der Waals surface area contributed by atoms with Crippen LogP contribution in [0.4, 0.5) is 5.69 Å². The minimum absolute atomic E-state index is 0.193. The molecule has 0 aromatic heterocycles. The molecule has 0 unspecified atom stereocenters. The number of benzene rings is 2. The van der Waals surface area contributed by atoms with E-state index in [0.717, 1.165) is 5.56 Å². The molecule has 0 aliphatic heterocycles. The van der Waals surface area contributed by atoms with Gasteiger partial charge in [0, 0.05) is 10.7 Å². The maximum Gasteiger partial charge on any atom is 0.337 e. The lowest BCUT2D eigenvalue weighted by Crippen LogP contribution is -2.34. The first-order chi connectivity index (χ1) is 10.8. The molecule has 5 heteroatoms. The minimum Gasteiger partial charge on any atom is -0.465 e. The molecule has 120 valence electrons. The number of carbonyl (C=O) groups excluding carboxylic acids is 2. The van der Waals surface area contributed by atoms with Crippen LogP contribution in [0.2, 0.25) is 5.02 Å². The standard InChI is InChI=1S/C18H18ClNO3/c1-18(2,13-7-5-8-14(19)11-13)17(22)20-15-9-4-6-12(10-15)16(21)23-3/h4-11H,1-3H3,(H,20,22). The van der Waals surface area contributed by atoms with Gasteiger partial charge >= 0.3 is 5.97 Å². The van der Waals surface area contributed by atoms with Crippen molar-refractivity contribution in [3.63, 3.8) is 0 Å². The van der Waals surface area contributed by atoms with Gasteiger partial charge in [0.2, 0.25) is 5.91 Å². The van der Waals surface area contributed by atoms with Crippen LogP contribution in [0.25, 0.3) is 0 Å². The van der Waals surface area contributed by atoms with E-state index in [9.17, 15) is 9.59 Å². The highest BCUT2D eigenvalue weighted by molar-refractivity contribution is 6.30. The van der Waals surface area contributed by atoms with Crippen molar-refractivity contribution in [3.8, 4) is 0 Å². The zero-order valence-electron chi connectivity index (χ0n) is 13.2. The van der Waals surface area contributed by atoms with Crippen LogP contribution in [0.3, 0.4) is 0 Å². The first-order valence-corrected chi connectivity index (χ1v) is 7.48. The number of rotatable bonds is 4. The van der Waals surface area contributed by atoms with Crippen LogP contribution in [0.1, 0.15) is 29.8 Å². The van der Waals surface area contributed by atoms with Crippen molar-refractivity contribution in [2.24, 2.45) is 0 Å². The zero-order chi connectivity index (χ0) is 17.0. The summed E-state index contributed by atoms with van der Waals surface area (Å²) in [6.45, 7) is 3.64. The average molecular weight is 332 g/mol. The maximum atomic E-state index is 12.6. The summed E-state index contributed by atoms with van der Waals surface area (Å²) in [5, 5.41) is 3.41. The van der Waals surface area contributed by atoms with E-state index in [0.29, 0.717) is 16.3 Å². The van der Waals surface area contributed by atoms with Crippen LogP contribution in [0.15, 0.2) is 48.5 Å². The third-order valence-electron chi connectivity index (χ3n) is 3.66. The largest absolute Gasteiger partial charge is 0.465 e. The monoisotopic (exact) mass is 331 g/mol. The second kappa shape index (κ2) is 6.84. The third kappa shape index (κ3) is 3.90. The van der Waals surface area contributed by atoms with Gasteiger partial charge in [-0.05, 0) is 49.7 Å². The fraction of sp³-hybridized carbons (Fsp3) is 0.222. The number of hydrogen-bond acceptors (Lipinski definition) is 3. The van der Waals surface area contributed by atoms with Crippen molar-refractivity contribution in [3.05, 3.63) is 64.7 Å². The van der Waals surface area contributed by atoms with E-state index in [1.54, 1.807) is 36.4 Å². The van der Waals surface area contributed by atoms with Crippen LogP contribution in [-0.2, 0) is 14.9 Å². The fourth-order valence-corrected chi connectivity index (χ4v) is 2.33. The van der Waals surface area contributed by atoms with E-state index >= 15 is 0 Å². The summed E-state index contributed by atoms with van der Waals surface area (Å²) in [6, 6.07) is 13.8. The SMILES string of the molecule is COC(=O)c1cccc(NC(=O)C(C)(C)c2cccc(Cl)c2)c1. The van der Waals surface area contributed by atoms with E-state index in [2.05, 4.69) is 10.1 Å². The summed E-state index contributed by atoms with van der Waals surface area (Å²) >= 11 is 6.00. The minimum atomic E-state index is -0.772. The number of methoxy groups -OCH3 is 1. The number of esters is 1. The molecule has 0 radical (unpaired) electrons. The molecule has 0 aliphatic carbocycles. The van der Waals surface area contributed by atoms with Gasteiger partial charge in [-0.15, -0.1) is 0 Å². The number of hydrogen-bond donors (Lipinski definition) is 1. The summed E-state index contributed by atoms with van der Waals surface area (Å²) in [5.74, 6) is -0.642. The molecule has 23 heavy (non-hydrogen) atoms. The fourth-order valence-electron chi connectivity index (χ4n) is 2.14. The summed E-state index contributed by atoms with van der Waals surface area (Å²) in [4.78, 5) is 24.2. The van der Waals surface area contributed by atoms with E-state index in [-0.39, 0.29) is 5.91 Å². The first-order valence-electron chi connectivity index (χ1n) is 7.10. The molecule has 0 atom stereocenters. The Labute approximate surface area is 140 Å². The van der Waals surface area contributed by atoms with Crippen molar-refractivity contribution in [1.82, 2.24) is 0 Å². The van der Waals surface area contributed by atoms with Crippen molar-refractivity contribution in [2.45, 2.75) is 19.3 Å². The van der Waals surface area contributed by atoms with E-state index in [1.807, 2.05) is 26.0 Å². The molecular formula is C18H18ClNO3.